The molecule has 0 aromatic heterocycles. The van der Waals surface area contributed by atoms with Crippen LogP contribution in [0.3, 0.4) is 0 Å². The van der Waals surface area contributed by atoms with Gasteiger partial charge in [-0.15, -0.1) is 0 Å². The fourth-order valence-corrected chi connectivity index (χ4v) is 2.00. The number of aliphatic hydroxyl groups excluding tert-OH is 2. The van der Waals surface area contributed by atoms with Crippen molar-refractivity contribution in [3.8, 4) is 0 Å². The summed E-state index contributed by atoms with van der Waals surface area (Å²) in [6, 6.07) is 8.74. The Hall–Kier alpha value is -0.900. The van der Waals surface area contributed by atoms with E-state index in [2.05, 4.69) is 36.5 Å². The number of benzene rings is 1. The van der Waals surface area contributed by atoms with Crippen LogP contribution in [0.25, 0.3) is 0 Å². The molecular formula is C15H25NO2. The van der Waals surface area contributed by atoms with E-state index in [-0.39, 0.29) is 19.3 Å². The standard InChI is InChI=1S/C15H25NO2/c1-2-3-13-4-6-14(7-5-13)8-10-16-15(12-18)9-11-17/h4-7,15-18H,2-3,8-12H2,1H3. The van der Waals surface area contributed by atoms with E-state index in [1.165, 1.54) is 17.5 Å². The first-order chi connectivity index (χ1) is 8.80. The van der Waals surface area contributed by atoms with Crippen LogP contribution in [-0.2, 0) is 12.8 Å². The largest absolute Gasteiger partial charge is 0.396 e. The minimum absolute atomic E-state index is 0.00867. The van der Waals surface area contributed by atoms with Crippen LogP contribution >= 0.6 is 0 Å². The molecule has 0 amide bonds. The Bertz CT molecular complexity index is 311. The highest BCUT2D eigenvalue weighted by Crippen LogP contribution is 2.07. The van der Waals surface area contributed by atoms with Gasteiger partial charge in [0.15, 0.2) is 0 Å². The molecule has 0 saturated heterocycles. The molecule has 1 aromatic rings. The second-order valence-electron chi connectivity index (χ2n) is 4.66. The Balaban J connectivity index is 2.30. The first-order valence-corrected chi connectivity index (χ1v) is 6.83. The smallest absolute Gasteiger partial charge is 0.0585 e. The minimum atomic E-state index is 0.00867. The number of rotatable bonds is 9. The summed E-state index contributed by atoms with van der Waals surface area (Å²) >= 11 is 0. The van der Waals surface area contributed by atoms with Gasteiger partial charge in [-0.05, 0) is 36.9 Å². The molecule has 3 N–H and O–H groups in total. The molecule has 1 unspecified atom stereocenters. The van der Waals surface area contributed by atoms with Gasteiger partial charge in [0.25, 0.3) is 0 Å². The zero-order chi connectivity index (χ0) is 13.2. The van der Waals surface area contributed by atoms with E-state index in [1.54, 1.807) is 0 Å². The van der Waals surface area contributed by atoms with Crippen LogP contribution in [0.2, 0.25) is 0 Å². The molecule has 0 bridgehead atoms. The van der Waals surface area contributed by atoms with E-state index in [9.17, 15) is 0 Å². The third kappa shape index (κ3) is 5.63. The van der Waals surface area contributed by atoms with Gasteiger partial charge in [0.05, 0.1) is 6.61 Å². The molecule has 0 aliphatic rings. The predicted octanol–water partition coefficient (Wildman–Crippen LogP) is 1.51. The first-order valence-electron chi connectivity index (χ1n) is 6.83. The lowest BCUT2D eigenvalue weighted by Crippen LogP contribution is -2.34. The Morgan fingerprint density at radius 3 is 2.17 bits per heavy atom. The highest BCUT2D eigenvalue weighted by Gasteiger charge is 2.04. The summed E-state index contributed by atoms with van der Waals surface area (Å²) in [6.45, 7) is 3.21. The lowest BCUT2D eigenvalue weighted by molar-refractivity contribution is 0.201. The number of hydrogen-bond acceptors (Lipinski definition) is 3. The summed E-state index contributed by atoms with van der Waals surface area (Å²) in [4.78, 5) is 0. The highest BCUT2D eigenvalue weighted by atomic mass is 16.3. The zero-order valence-electron chi connectivity index (χ0n) is 11.2. The zero-order valence-corrected chi connectivity index (χ0v) is 11.2. The lowest BCUT2D eigenvalue weighted by Gasteiger charge is -2.14. The average Bonchev–Trinajstić information content (AvgIpc) is 2.40. The van der Waals surface area contributed by atoms with Crippen molar-refractivity contribution in [2.24, 2.45) is 0 Å². The third-order valence-electron chi connectivity index (χ3n) is 3.11. The van der Waals surface area contributed by atoms with E-state index in [4.69, 9.17) is 10.2 Å². The fraction of sp³-hybridized carbons (Fsp3) is 0.600. The van der Waals surface area contributed by atoms with Crippen molar-refractivity contribution in [3.05, 3.63) is 35.4 Å². The van der Waals surface area contributed by atoms with Crippen LogP contribution < -0.4 is 5.32 Å². The normalized spacial score (nSPS) is 12.6. The number of aliphatic hydroxyl groups is 2. The summed E-state index contributed by atoms with van der Waals surface area (Å²) in [5, 5.41) is 21.1. The van der Waals surface area contributed by atoms with Crippen molar-refractivity contribution < 1.29 is 10.2 Å². The van der Waals surface area contributed by atoms with Gasteiger partial charge in [-0.1, -0.05) is 37.6 Å². The highest BCUT2D eigenvalue weighted by molar-refractivity contribution is 5.22. The first kappa shape index (κ1) is 15.2. The van der Waals surface area contributed by atoms with Crippen molar-refractivity contribution >= 4 is 0 Å². The molecule has 0 heterocycles. The molecule has 0 radical (unpaired) electrons. The molecule has 102 valence electrons. The number of hydrogen-bond donors (Lipinski definition) is 3. The Labute approximate surface area is 110 Å². The molecule has 1 atom stereocenters. The second-order valence-corrected chi connectivity index (χ2v) is 4.66. The maximum absolute atomic E-state index is 9.08. The Morgan fingerprint density at radius 1 is 1.06 bits per heavy atom. The van der Waals surface area contributed by atoms with Crippen molar-refractivity contribution in [2.75, 3.05) is 19.8 Å². The summed E-state index contributed by atoms with van der Waals surface area (Å²) in [5.74, 6) is 0. The topological polar surface area (TPSA) is 52.5 Å². The summed E-state index contributed by atoms with van der Waals surface area (Å²) in [5.41, 5.74) is 2.70. The van der Waals surface area contributed by atoms with Gasteiger partial charge in [-0.3, -0.25) is 0 Å². The molecule has 18 heavy (non-hydrogen) atoms. The van der Waals surface area contributed by atoms with E-state index in [1.807, 2.05) is 0 Å². The van der Waals surface area contributed by atoms with Crippen LogP contribution in [0, 0.1) is 0 Å². The van der Waals surface area contributed by atoms with Crippen molar-refractivity contribution in [3.63, 3.8) is 0 Å². The Morgan fingerprint density at radius 2 is 1.67 bits per heavy atom. The fourth-order valence-electron chi connectivity index (χ4n) is 2.00. The van der Waals surface area contributed by atoms with Crippen LogP contribution in [0.1, 0.15) is 30.9 Å². The van der Waals surface area contributed by atoms with Crippen LogP contribution in [-0.4, -0.2) is 36.0 Å². The van der Waals surface area contributed by atoms with E-state index >= 15 is 0 Å². The SMILES string of the molecule is CCCc1ccc(CCNC(CO)CCO)cc1. The summed E-state index contributed by atoms with van der Waals surface area (Å²) in [6.07, 6.45) is 3.88. The predicted molar refractivity (Wildman–Crippen MR) is 74.7 cm³/mol. The Kier molecular flexibility index (Phi) is 7.65. The quantitative estimate of drug-likeness (QED) is 0.623. The van der Waals surface area contributed by atoms with Crippen LogP contribution in [0.5, 0.6) is 0 Å². The van der Waals surface area contributed by atoms with Gasteiger partial charge in [-0.25, -0.2) is 0 Å². The molecule has 1 rings (SSSR count). The van der Waals surface area contributed by atoms with Gasteiger partial charge in [-0.2, -0.15) is 0 Å². The second kappa shape index (κ2) is 9.09. The molecule has 3 heteroatoms. The third-order valence-corrected chi connectivity index (χ3v) is 3.11. The van der Waals surface area contributed by atoms with Crippen LogP contribution in [0.4, 0.5) is 0 Å². The minimum Gasteiger partial charge on any atom is -0.396 e. The van der Waals surface area contributed by atoms with Crippen LogP contribution in [0.15, 0.2) is 24.3 Å². The maximum atomic E-state index is 9.08. The van der Waals surface area contributed by atoms with Gasteiger partial charge in [0.1, 0.15) is 0 Å². The van der Waals surface area contributed by atoms with Gasteiger partial charge >= 0.3 is 0 Å². The molecule has 0 fully saturated rings. The van der Waals surface area contributed by atoms with E-state index in [0.717, 1.165) is 19.4 Å². The number of nitrogens with one attached hydrogen (secondary N) is 1. The van der Waals surface area contributed by atoms with E-state index in [0.29, 0.717) is 6.42 Å². The van der Waals surface area contributed by atoms with Gasteiger partial charge in [0, 0.05) is 12.6 Å². The van der Waals surface area contributed by atoms with Gasteiger partial charge in [0.2, 0.25) is 0 Å². The molecule has 1 aromatic carbocycles. The lowest BCUT2D eigenvalue weighted by atomic mass is 10.1. The van der Waals surface area contributed by atoms with Crippen molar-refractivity contribution in [2.45, 2.75) is 38.6 Å². The molecule has 0 aliphatic heterocycles. The summed E-state index contributed by atoms with van der Waals surface area (Å²) < 4.78 is 0. The average molecular weight is 251 g/mol. The molecule has 0 aliphatic carbocycles. The van der Waals surface area contributed by atoms with Gasteiger partial charge < -0.3 is 15.5 Å². The monoisotopic (exact) mass is 251 g/mol. The maximum Gasteiger partial charge on any atom is 0.0585 e. The van der Waals surface area contributed by atoms with Crippen molar-refractivity contribution in [1.82, 2.24) is 5.32 Å². The molecule has 3 nitrogen and oxygen atoms in total. The number of aryl methyl sites for hydroxylation is 1. The molecule has 0 spiro atoms. The molecular weight excluding hydrogens is 226 g/mol. The summed E-state index contributed by atoms with van der Waals surface area (Å²) in [7, 11) is 0. The molecule has 0 saturated carbocycles. The van der Waals surface area contributed by atoms with Crippen molar-refractivity contribution in [1.29, 1.82) is 0 Å². The van der Waals surface area contributed by atoms with E-state index < -0.39 is 0 Å².